The summed E-state index contributed by atoms with van der Waals surface area (Å²) >= 11 is 0. The average Bonchev–Trinajstić information content (AvgIpc) is 3.26. The minimum atomic E-state index is -1.05. The van der Waals surface area contributed by atoms with Crippen LogP contribution in [0.1, 0.15) is 36.7 Å². The molecule has 0 aromatic carbocycles. The van der Waals surface area contributed by atoms with Crippen LogP contribution in [0.4, 0.5) is 0 Å². The number of carboxylic acid groups (broad SMARTS) is 1. The number of carboxylic acids is 1. The molecule has 1 atom stereocenters. The van der Waals surface area contributed by atoms with Crippen molar-refractivity contribution in [3.05, 3.63) is 30.2 Å². The highest BCUT2D eigenvalue weighted by atomic mass is 16.5. The average molecular weight is 375 g/mol. The predicted molar refractivity (Wildman–Crippen MR) is 92.8 cm³/mol. The monoisotopic (exact) mass is 375 g/mol. The van der Waals surface area contributed by atoms with Crippen LogP contribution in [0, 0.1) is 0 Å². The molecule has 3 heterocycles. The fourth-order valence-electron chi connectivity index (χ4n) is 3.31. The molecule has 1 aliphatic heterocycles. The Hall–Kier alpha value is -3.10. The first-order valence-electron chi connectivity index (χ1n) is 8.74. The van der Waals surface area contributed by atoms with E-state index in [1.165, 1.54) is 24.2 Å². The largest absolute Gasteiger partial charge is 0.480 e. The van der Waals surface area contributed by atoms with Crippen molar-refractivity contribution in [2.75, 3.05) is 19.6 Å². The van der Waals surface area contributed by atoms with Gasteiger partial charge in [-0.05, 0) is 31.4 Å². The number of carbonyl (C=O) groups excluding carboxylic acids is 2. The Kier molecular flexibility index (Phi) is 5.58. The molecule has 0 saturated carbocycles. The first kappa shape index (κ1) is 18.7. The molecular formula is C18H21N3O6. The van der Waals surface area contributed by atoms with E-state index < -0.39 is 5.97 Å². The first-order valence-corrected chi connectivity index (χ1v) is 8.74. The number of likely N-dealkylation sites (tertiary alicyclic amines) is 1. The third kappa shape index (κ3) is 4.36. The summed E-state index contributed by atoms with van der Waals surface area (Å²) < 4.78 is 10.4. The van der Waals surface area contributed by atoms with Gasteiger partial charge in [0.1, 0.15) is 6.54 Å². The normalized spacial score (nSPS) is 17.4. The Bertz CT molecular complexity index is 813. The quantitative estimate of drug-likeness (QED) is 0.847. The van der Waals surface area contributed by atoms with Gasteiger partial charge >= 0.3 is 5.97 Å². The zero-order chi connectivity index (χ0) is 19.4. The molecule has 27 heavy (non-hydrogen) atoms. The van der Waals surface area contributed by atoms with Crippen LogP contribution < -0.4 is 0 Å². The maximum Gasteiger partial charge on any atom is 0.323 e. The molecule has 0 bridgehead atoms. The highest BCUT2D eigenvalue weighted by molar-refractivity contribution is 5.93. The third-order valence-electron chi connectivity index (χ3n) is 4.63. The smallest absolute Gasteiger partial charge is 0.323 e. The van der Waals surface area contributed by atoms with Gasteiger partial charge in [0.2, 0.25) is 11.7 Å². The van der Waals surface area contributed by atoms with Crippen molar-refractivity contribution in [1.29, 1.82) is 0 Å². The van der Waals surface area contributed by atoms with Crippen molar-refractivity contribution in [2.45, 2.75) is 32.2 Å². The van der Waals surface area contributed by atoms with Crippen molar-refractivity contribution in [2.24, 2.45) is 0 Å². The van der Waals surface area contributed by atoms with Gasteiger partial charge in [-0.1, -0.05) is 5.16 Å². The van der Waals surface area contributed by atoms with Gasteiger partial charge < -0.3 is 23.8 Å². The second kappa shape index (κ2) is 8.07. The number of hydrogen-bond donors (Lipinski definition) is 1. The molecule has 1 unspecified atom stereocenters. The fraction of sp³-hybridized carbons (Fsp3) is 0.444. The van der Waals surface area contributed by atoms with E-state index >= 15 is 0 Å². The topological polar surface area (TPSA) is 117 Å². The predicted octanol–water partition coefficient (Wildman–Crippen LogP) is 1.86. The first-order chi connectivity index (χ1) is 13.0. The molecule has 2 aromatic heterocycles. The Morgan fingerprint density at radius 1 is 1.30 bits per heavy atom. The van der Waals surface area contributed by atoms with E-state index in [4.69, 9.17) is 14.0 Å². The second-order valence-electron chi connectivity index (χ2n) is 6.47. The molecule has 1 N–H and O–H groups in total. The van der Waals surface area contributed by atoms with Gasteiger partial charge in [0.15, 0.2) is 11.5 Å². The summed E-state index contributed by atoms with van der Waals surface area (Å²) in [4.78, 5) is 38.5. The van der Waals surface area contributed by atoms with E-state index in [2.05, 4.69) is 5.16 Å². The molecule has 1 saturated heterocycles. The lowest BCUT2D eigenvalue weighted by Gasteiger charge is -2.28. The van der Waals surface area contributed by atoms with Gasteiger partial charge in [-0.25, -0.2) is 0 Å². The highest BCUT2D eigenvalue weighted by Gasteiger charge is 2.29. The molecule has 1 fully saturated rings. The van der Waals surface area contributed by atoms with Crippen LogP contribution >= 0.6 is 0 Å². The second-order valence-corrected chi connectivity index (χ2v) is 6.47. The lowest BCUT2D eigenvalue weighted by molar-refractivity contribution is -0.145. The summed E-state index contributed by atoms with van der Waals surface area (Å²) in [6.07, 6.45) is 3.34. The molecular weight excluding hydrogens is 354 g/mol. The van der Waals surface area contributed by atoms with Gasteiger partial charge in [-0.3, -0.25) is 14.4 Å². The van der Waals surface area contributed by atoms with E-state index in [0.717, 1.165) is 0 Å². The number of rotatable bonds is 5. The van der Waals surface area contributed by atoms with Crippen molar-refractivity contribution in [3.8, 4) is 11.5 Å². The number of aliphatic carboxylic acids is 1. The number of hydrogen-bond acceptors (Lipinski definition) is 6. The lowest BCUT2D eigenvalue weighted by Crippen LogP contribution is -2.43. The number of furan rings is 1. The van der Waals surface area contributed by atoms with Crippen LogP contribution in [0.5, 0.6) is 0 Å². The molecule has 0 spiro atoms. The Morgan fingerprint density at radius 3 is 2.78 bits per heavy atom. The van der Waals surface area contributed by atoms with Crippen molar-refractivity contribution < 1.29 is 28.4 Å². The number of aromatic nitrogens is 1. The minimum absolute atomic E-state index is 0.189. The van der Waals surface area contributed by atoms with E-state index in [1.807, 2.05) is 0 Å². The molecule has 2 amide bonds. The van der Waals surface area contributed by atoms with Crippen LogP contribution in [0.3, 0.4) is 0 Å². The van der Waals surface area contributed by atoms with Crippen LogP contribution in [-0.2, 0) is 9.59 Å². The lowest BCUT2D eigenvalue weighted by atomic mass is 10.1. The summed E-state index contributed by atoms with van der Waals surface area (Å²) in [5.41, 5.74) is 0.189. The standard InChI is InChI=1S/C18H21N3O6/c1-12(22)21(11-17(23)24)13-4-2-7-20(8-6-13)18(25)14-10-16(27-19-14)15-5-3-9-26-15/h3,5,9-10,13H,2,4,6-8,11H2,1H3,(H,23,24). The Balaban J connectivity index is 1.66. The summed E-state index contributed by atoms with van der Waals surface area (Å²) in [6.45, 7) is 1.96. The number of carbonyl (C=O) groups is 3. The van der Waals surface area contributed by atoms with E-state index in [9.17, 15) is 14.4 Å². The van der Waals surface area contributed by atoms with E-state index in [0.29, 0.717) is 43.9 Å². The summed E-state index contributed by atoms with van der Waals surface area (Å²) in [7, 11) is 0. The zero-order valence-corrected chi connectivity index (χ0v) is 15.0. The Labute approximate surface area is 155 Å². The molecule has 2 aromatic rings. The summed E-state index contributed by atoms with van der Waals surface area (Å²) in [6, 6.07) is 4.76. The van der Waals surface area contributed by atoms with Crippen LogP contribution in [0.25, 0.3) is 11.5 Å². The molecule has 9 heteroatoms. The van der Waals surface area contributed by atoms with Crippen molar-refractivity contribution >= 4 is 17.8 Å². The SMILES string of the molecule is CC(=O)N(CC(=O)O)C1CCCN(C(=O)c2cc(-c3ccco3)on2)CC1. The van der Waals surface area contributed by atoms with Gasteiger partial charge in [0.25, 0.3) is 5.91 Å². The van der Waals surface area contributed by atoms with Crippen LogP contribution in [-0.4, -0.2) is 63.5 Å². The molecule has 144 valence electrons. The molecule has 1 aliphatic rings. The maximum atomic E-state index is 12.7. The Morgan fingerprint density at radius 2 is 2.11 bits per heavy atom. The summed E-state index contributed by atoms with van der Waals surface area (Å²) in [5, 5.41) is 12.8. The van der Waals surface area contributed by atoms with Crippen molar-refractivity contribution in [3.63, 3.8) is 0 Å². The molecule has 0 aliphatic carbocycles. The van der Waals surface area contributed by atoms with Gasteiger partial charge in [-0.2, -0.15) is 0 Å². The molecule has 9 nitrogen and oxygen atoms in total. The van der Waals surface area contributed by atoms with E-state index in [1.54, 1.807) is 17.0 Å². The zero-order valence-electron chi connectivity index (χ0n) is 15.0. The highest BCUT2D eigenvalue weighted by Crippen LogP contribution is 2.23. The van der Waals surface area contributed by atoms with Gasteiger partial charge in [0.05, 0.1) is 6.26 Å². The number of amides is 2. The van der Waals surface area contributed by atoms with Gasteiger partial charge in [0, 0.05) is 32.1 Å². The van der Waals surface area contributed by atoms with Gasteiger partial charge in [-0.15, -0.1) is 0 Å². The summed E-state index contributed by atoms with van der Waals surface area (Å²) in [5.74, 6) is -0.717. The third-order valence-corrected chi connectivity index (χ3v) is 4.63. The molecule has 3 rings (SSSR count). The van der Waals surface area contributed by atoms with E-state index in [-0.39, 0.29) is 30.1 Å². The molecule has 0 radical (unpaired) electrons. The maximum absolute atomic E-state index is 12.7. The minimum Gasteiger partial charge on any atom is -0.480 e. The fourth-order valence-corrected chi connectivity index (χ4v) is 3.31. The van der Waals surface area contributed by atoms with Crippen LogP contribution in [0.2, 0.25) is 0 Å². The van der Waals surface area contributed by atoms with Crippen molar-refractivity contribution in [1.82, 2.24) is 15.0 Å². The number of nitrogens with zero attached hydrogens (tertiary/aromatic N) is 3. The van der Waals surface area contributed by atoms with Crippen LogP contribution in [0.15, 0.2) is 33.4 Å².